The Kier molecular flexibility index (Phi) is 4.30. The van der Waals surface area contributed by atoms with Crippen molar-refractivity contribution in [2.24, 2.45) is 0 Å². The van der Waals surface area contributed by atoms with Crippen molar-refractivity contribution in [3.05, 3.63) is 0 Å². The molecule has 0 N–H and O–H groups in total. The molecule has 0 aliphatic heterocycles. The normalized spacial score (nSPS) is 12.1. The first-order valence-corrected chi connectivity index (χ1v) is 5.25. The lowest BCUT2D eigenvalue weighted by Gasteiger charge is -1.86. The van der Waals surface area contributed by atoms with Crippen LogP contribution in [-0.2, 0) is 0 Å². The number of hydrogen-bond donors (Lipinski definition) is 0. The Morgan fingerprint density at radius 3 is 2.14 bits per heavy atom. The van der Waals surface area contributed by atoms with Gasteiger partial charge in [-0.3, -0.25) is 0 Å². The lowest BCUT2D eigenvalue weighted by Crippen LogP contribution is -1.93. The molecule has 0 aromatic rings. The van der Waals surface area contributed by atoms with Crippen molar-refractivity contribution in [3.63, 3.8) is 0 Å². The van der Waals surface area contributed by atoms with E-state index in [1.165, 1.54) is 12.5 Å². The molecule has 0 radical (unpaired) electrons. The van der Waals surface area contributed by atoms with Crippen molar-refractivity contribution < 1.29 is 0 Å². The molecule has 0 saturated carbocycles. The third-order valence-electron chi connectivity index (χ3n) is 1.11. The number of rotatable bonds is 2. The van der Waals surface area contributed by atoms with Crippen LogP contribution in [-0.4, -0.2) is 14.1 Å². The maximum Gasteiger partial charge on any atom is 0.00170 e. The summed E-state index contributed by atoms with van der Waals surface area (Å²) in [7, 11) is -0.00489. The van der Waals surface area contributed by atoms with Gasteiger partial charge in [0.15, 0.2) is 0 Å². The quantitative estimate of drug-likeness (QED) is 0.481. The van der Waals surface area contributed by atoms with Crippen molar-refractivity contribution in [1.82, 2.24) is 0 Å². The zero-order chi connectivity index (χ0) is 5.70. The van der Waals surface area contributed by atoms with Gasteiger partial charge in [-0.05, 0) is 12.5 Å². The van der Waals surface area contributed by atoms with E-state index in [2.05, 4.69) is 26.1 Å². The lowest BCUT2D eigenvalue weighted by molar-refractivity contribution is 1.34. The van der Waals surface area contributed by atoms with Crippen LogP contribution < -0.4 is 0 Å². The maximum atomic E-state index is 2.45. The SMILES string of the molecule is CCC=[Si](C)CC. The highest BCUT2D eigenvalue weighted by Gasteiger charge is 1.78. The van der Waals surface area contributed by atoms with E-state index in [0.29, 0.717) is 0 Å². The molecule has 0 nitrogen and oxygen atoms in total. The van der Waals surface area contributed by atoms with Crippen LogP contribution in [0.2, 0.25) is 12.6 Å². The summed E-state index contributed by atoms with van der Waals surface area (Å²) >= 11 is 0. The van der Waals surface area contributed by atoms with Gasteiger partial charge in [0.2, 0.25) is 0 Å². The molecule has 7 heavy (non-hydrogen) atoms. The fraction of sp³-hybridized carbons (Fsp3) is 0.833. The molecule has 0 saturated heterocycles. The van der Waals surface area contributed by atoms with Gasteiger partial charge in [0.05, 0.1) is 0 Å². The molecule has 0 aliphatic carbocycles. The van der Waals surface area contributed by atoms with Gasteiger partial charge < -0.3 is 0 Å². The van der Waals surface area contributed by atoms with Gasteiger partial charge in [-0.25, -0.2) is 0 Å². The summed E-state index contributed by atoms with van der Waals surface area (Å²) in [5.74, 6) is 0. The standard InChI is InChI=1S/C6H14Si/c1-4-6-7(3)5-2/h6H,4-5H2,1-3H3. The second-order valence-electron chi connectivity index (χ2n) is 1.81. The summed E-state index contributed by atoms with van der Waals surface area (Å²) in [5, 5.41) is 0. The molecular formula is C6H14Si. The molecule has 42 valence electrons. The highest BCUT2D eigenvalue weighted by atomic mass is 28.2. The minimum Gasteiger partial charge on any atom is -0.104 e. The van der Waals surface area contributed by atoms with E-state index in [0.717, 1.165) is 0 Å². The molecule has 0 bridgehead atoms. The highest BCUT2D eigenvalue weighted by Crippen LogP contribution is 1.78. The highest BCUT2D eigenvalue weighted by molar-refractivity contribution is 6.64. The van der Waals surface area contributed by atoms with Crippen LogP contribution in [0.1, 0.15) is 20.3 Å². The summed E-state index contributed by atoms with van der Waals surface area (Å²) in [5.41, 5.74) is 2.45. The Bertz CT molecular complexity index is 64.6. The molecule has 0 fully saturated rings. The van der Waals surface area contributed by atoms with Crippen molar-refractivity contribution in [2.75, 3.05) is 0 Å². The molecule has 0 rings (SSSR count). The van der Waals surface area contributed by atoms with Crippen LogP contribution >= 0.6 is 0 Å². The van der Waals surface area contributed by atoms with Crippen molar-refractivity contribution in [2.45, 2.75) is 32.9 Å². The van der Waals surface area contributed by atoms with Gasteiger partial charge >= 0.3 is 0 Å². The molecule has 0 heterocycles. The Hall–Kier alpha value is 0.0869. The smallest absolute Gasteiger partial charge is 0.00170 e. The van der Waals surface area contributed by atoms with E-state index in [9.17, 15) is 0 Å². The Morgan fingerprint density at radius 2 is 2.00 bits per heavy atom. The van der Waals surface area contributed by atoms with E-state index in [1.54, 1.807) is 0 Å². The first kappa shape index (κ1) is 7.09. The molecule has 0 spiro atoms. The zero-order valence-corrected chi connectivity index (χ0v) is 6.49. The predicted octanol–water partition coefficient (Wildman–Crippen LogP) is 1.92. The van der Waals surface area contributed by atoms with Gasteiger partial charge in [0.25, 0.3) is 0 Å². The molecule has 0 atom stereocenters. The molecule has 0 amide bonds. The lowest BCUT2D eigenvalue weighted by atomic mass is 10.6. The third kappa shape index (κ3) is 3.93. The molecule has 1 heteroatoms. The molecule has 0 aromatic heterocycles. The third-order valence-corrected chi connectivity index (χ3v) is 3.33. The average molecular weight is 114 g/mol. The van der Waals surface area contributed by atoms with Crippen molar-refractivity contribution in [1.29, 1.82) is 0 Å². The Balaban J connectivity index is 3.29. The van der Waals surface area contributed by atoms with Crippen LogP contribution in [0.25, 0.3) is 0 Å². The summed E-state index contributed by atoms with van der Waals surface area (Å²) in [6.07, 6.45) is 1.26. The molecule has 0 aromatic carbocycles. The summed E-state index contributed by atoms with van der Waals surface area (Å²) in [6.45, 7) is 6.83. The topological polar surface area (TPSA) is 0 Å². The van der Waals surface area contributed by atoms with Gasteiger partial charge in [-0.1, -0.05) is 20.4 Å². The summed E-state index contributed by atoms with van der Waals surface area (Å²) in [6, 6.07) is 1.39. The fourth-order valence-corrected chi connectivity index (χ4v) is 1.48. The van der Waals surface area contributed by atoms with Crippen molar-refractivity contribution >= 4 is 14.1 Å². The minimum absolute atomic E-state index is 0.00489. The first-order valence-electron chi connectivity index (χ1n) is 2.96. The molecule has 0 aliphatic rings. The molecular weight excluding hydrogens is 100 g/mol. The zero-order valence-electron chi connectivity index (χ0n) is 5.49. The van der Waals surface area contributed by atoms with Gasteiger partial charge in [0.1, 0.15) is 0 Å². The summed E-state index contributed by atoms with van der Waals surface area (Å²) < 4.78 is 0. The second-order valence-corrected chi connectivity index (χ2v) is 4.62. The Labute approximate surface area is 47.8 Å². The van der Waals surface area contributed by atoms with E-state index in [4.69, 9.17) is 0 Å². The molecule has 0 unspecified atom stereocenters. The van der Waals surface area contributed by atoms with Crippen LogP contribution in [0, 0.1) is 0 Å². The fourth-order valence-electron chi connectivity index (χ4n) is 0.493. The van der Waals surface area contributed by atoms with Gasteiger partial charge in [0, 0.05) is 8.41 Å². The number of hydrogen-bond acceptors (Lipinski definition) is 0. The van der Waals surface area contributed by atoms with E-state index in [-0.39, 0.29) is 8.41 Å². The maximum absolute atomic E-state index is 2.45. The van der Waals surface area contributed by atoms with Gasteiger partial charge in [-0.2, -0.15) is 0 Å². The van der Waals surface area contributed by atoms with Gasteiger partial charge in [-0.15, -0.1) is 5.67 Å². The largest absolute Gasteiger partial charge is 0.104 e. The van der Waals surface area contributed by atoms with Crippen LogP contribution in [0.15, 0.2) is 0 Å². The average Bonchev–Trinajstić information content (AvgIpc) is 1.68. The van der Waals surface area contributed by atoms with E-state index >= 15 is 0 Å². The first-order chi connectivity index (χ1) is 3.31. The minimum atomic E-state index is -0.00489. The Morgan fingerprint density at radius 1 is 1.43 bits per heavy atom. The van der Waals surface area contributed by atoms with E-state index < -0.39 is 0 Å². The van der Waals surface area contributed by atoms with Crippen LogP contribution in [0.3, 0.4) is 0 Å². The van der Waals surface area contributed by atoms with E-state index in [1.807, 2.05) is 0 Å². The van der Waals surface area contributed by atoms with Crippen LogP contribution in [0.5, 0.6) is 0 Å². The monoisotopic (exact) mass is 114 g/mol. The van der Waals surface area contributed by atoms with Crippen molar-refractivity contribution in [3.8, 4) is 0 Å². The van der Waals surface area contributed by atoms with Crippen LogP contribution in [0.4, 0.5) is 0 Å². The summed E-state index contributed by atoms with van der Waals surface area (Å²) in [4.78, 5) is 0. The predicted molar refractivity (Wildman–Crippen MR) is 38.5 cm³/mol. The second kappa shape index (κ2) is 4.25.